The van der Waals surface area contributed by atoms with Gasteiger partial charge in [-0.1, -0.05) is 24.3 Å². The number of nitrogens with zero attached hydrogens (tertiary/aromatic N) is 4. The van der Waals surface area contributed by atoms with Crippen LogP contribution in [0.4, 0.5) is 19.0 Å². The number of fused-ring (bicyclic) bond motifs is 1. The second-order valence-corrected chi connectivity index (χ2v) is 9.66. The van der Waals surface area contributed by atoms with E-state index in [1.165, 1.54) is 6.07 Å². The minimum Gasteiger partial charge on any atom is -0.472 e. The molecular formula is C27H29F3N4O2. The molecular weight excluding hydrogens is 469 g/mol. The highest BCUT2D eigenvalue weighted by Gasteiger charge is 2.36. The van der Waals surface area contributed by atoms with Gasteiger partial charge >= 0.3 is 6.18 Å². The van der Waals surface area contributed by atoms with Crippen LogP contribution in [0.5, 0.6) is 0 Å². The highest BCUT2D eigenvalue weighted by atomic mass is 19.4. The fourth-order valence-corrected chi connectivity index (χ4v) is 5.40. The predicted octanol–water partition coefficient (Wildman–Crippen LogP) is 5.23. The van der Waals surface area contributed by atoms with Gasteiger partial charge in [0.05, 0.1) is 30.7 Å². The lowest BCUT2D eigenvalue weighted by Crippen LogP contribution is -2.59. The summed E-state index contributed by atoms with van der Waals surface area (Å²) in [7, 11) is 0. The molecule has 0 saturated carbocycles. The molecule has 0 N–H and O–H groups in total. The summed E-state index contributed by atoms with van der Waals surface area (Å²) in [6.45, 7) is 6.07. The van der Waals surface area contributed by atoms with Crippen LogP contribution in [0.2, 0.25) is 0 Å². The maximum absolute atomic E-state index is 13.6. The summed E-state index contributed by atoms with van der Waals surface area (Å²) in [6, 6.07) is 8.55. The van der Waals surface area contributed by atoms with E-state index >= 15 is 0 Å². The van der Waals surface area contributed by atoms with Gasteiger partial charge in [-0.3, -0.25) is 9.69 Å². The van der Waals surface area contributed by atoms with Crippen molar-refractivity contribution in [3.8, 4) is 11.1 Å². The average Bonchev–Trinajstić information content (AvgIpc) is 3.29. The molecule has 190 valence electrons. The fourth-order valence-electron chi connectivity index (χ4n) is 5.40. The normalized spacial score (nSPS) is 23.4. The van der Waals surface area contributed by atoms with Crippen LogP contribution in [0.25, 0.3) is 11.1 Å². The van der Waals surface area contributed by atoms with Crippen molar-refractivity contribution in [2.45, 2.75) is 44.6 Å². The molecule has 1 aliphatic carbocycles. The first-order valence-electron chi connectivity index (χ1n) is 12.2. The minimum atomic E-state index is -4.41. The summed E-state index contributed by atoms with van der Waals surface area (Å²) in [4.78, 5) is 23.7. The van der Waals surface area contributed by atoms with Gasteiger partial charge in [-0.25, -0.2) is 4.98 Å². The van der Waals surface area contributed by atoms with Crippen molar-refractivity contribution in [2.75, 3.05) is 31.1 Å². The maximum atomic E-state index is 13.6. The standard InChI is InChI=1S/C27H29F3N4O2/c1-18-14-32(25-9-7-21(13-31-25)27(28,29)30)15-19(2)34(18)16-26(35)33-11-4-3-5-24(33)22-8-6-20-10-12-36-17-23(20)22/h3-4,6-10,12-13,17-19,24H,5,11,14-16H2,1-2H3/t18-,19+,24?. The molecule has 0 spiro atoms. The van der Waals surface area contributed by atoms with Gasteiger partial charge in [0.1, 0.15) is 5.82 Å². The zero-order valence-corrected chi connectivity index (χ0v) is 20.3. The van der Waals surface area contributed by atoms with Crippen molar-refractivity contribution in [2.24, 2.45) is 0 Å². The fraction of sp³-hybridized carbons (Fsp3) is 0.407. The van der Waals surface area contributed by atoms with Gasteiger partial charge in [-0.2, -0.15) is 13.2 Å². The third-order valence-corrected chi connectivity index (χ3v) is 7.28. The van der Waals surface area contributed by atoms with Crippen LogP contribution >= 0.6 is 0 Å². The Kier molecular flexibility index (Phi) is 6.51. The Morgan fingerprint density at radius 1 is 1.08 bits per heavy atom. The number of hydrogen-bond donors (Lipinski definition) is 0. The van der Waals surface area contributed by atoms with Crippen LogP contribution in [-0.4, -0.2) is 59.0 Å². The van der Waals surface area contributed by atoms with Gasteiger partial charge in [0, 0.05) is 43.5 Å². The number of anilines is 1. The molecule has 1 saturated heterocycles. The molecule has 6 nitrogen and oxygen atoms in total. The summed E-state index contributed by atoms with van der Waals surface area (Å²) in [5.74, 6) is 0.578. The van der Waals surface area contributed by atoms with Gasteiger partial charge in [-0.05, 0) is 49.6 Å². The first kappa shape index (κ1) is 24.4. The molecule has 36 heavy (non-hydrogen) atoms. The van der Waals surface area contributed by atoms with E-state index in [1.807, 2.05) is 35.8 Å². The molecule has 1 fully saturated rings. The van der Waals surface area contributed by atoms with E-state index in [0.29, 0.717) is 25.5 Å². The summed E-state index contributed by atoms with van der Waals surface area (Å²) < 4.78 is 44.1. The van der Waals surface area contributed by atoms with Crippen molar-refractivity contribution in [3.63, 3.8) is 0 Å². The van der Waals surface area contributed by atoms with Crippen molar-refractivity contribution < 1.29 is 22.4 Å². The maximum Gasteiger partial charge on any atom is 0.417 e. The van der Waals surface area contributed by atoms with E-state index in [1.54, 1.807) is 12.5 Å². The van der Waals surface area contributed by atoms with Gasteiger partial charge in [0.25, 0.3) is 0 Å². The number of rotatable bonds is 4. The van der Waals surface area contributed by atoms with E-state index < -0.39 is 11.7 Å². The predicted molar refractivity (Wildman–Crippen MR) is 131 cm³/mol. The lowest BCUT2D eigenvalue weighted by molar-refractivity contribution is -0.138. The number of halogens is 3. The number of hydrogen-bond acceptors (Lipinski definition) is 5. The monoisotopic (exact) mass is 498 g/mol. The molecule has 4 heterocycles. The van der Waals surface area contributed by atoms with Crippen LogP contribution < -0.4 is 4.90 Å². The molecule has 0 radical (unpaired) electrons. The van der Waals surface area contributed by atoms with E-state index in [-0.39, 0.29) is 30.6 Å². The lowest BCUT2D eigenvalue weighted by Gasteiger charge is -2.45. The summed E-state index contributed by atoms with van der Waals surface area (Å²) in [5, 5.41) is 0. The number of pyridine rings is 1. The van der Waals surface area contributed by atoms with Gasteiger partial charge in [0.15, 0.2) is 0 Å². The number of amides is 1. The van der Waals surface area contributed by atoms with E-state index in [2.05, 4.69) is 28.1 Å². The molecule has 1 aromatic rings. The molecule has 0 bridgehead atoms. The number of aromatic nitrogens is 1. The molecule has 1 aromatic heterocycles. The minimum absolute atomic E-state index is 0.0270. The first-order chi connectivity index (χ1) is 17.2. The Balaban J connectivity index is 1.27. The third kappa shape index (κ3) is 4.72. The SMILES string of the molecule is C[C@@H]1CN(c2ccc(C(F)(F)F)cn2)C[C@H](C)N1CC(=O)N1CC=CCC1c1ccc2ccocc1-2. The highest BCUT2D eigenvalue weighted by molar-refractivity contribution is 5.80. The molecule has 0 aromatic carbocycles. The van der Waals surface area contributed by atoms with E-state index in [4.69, 9.17) is 4.42 Å². The Morgan fingerprint density at radius 3 is 2.56 bits per heavy atom. The lowest BCUT2D eigenvalue weighted by atomic mass is 9.97. The summed E-state index contributed by atoms with van der Waals surface area (Å²) in [6.07, 6.45) is 4.77. The molecule has 5 rings (SSSR count). The largest absolute Gasteiger partial charge is 0.472 e. The third-order valence-electron chi connectivity index (χ3n) is 7.28. The number of alkyl halides is 3. The number of piperazine rings is 1. The molecule has 3 aliphatic heterocycles. The van der Waals surface area contributed by atoms with Crippen LogP contribution in [0.1, 0.15) is 37.4 Å². The Morgan fingerprint density at radius 2 is 1.86 bits per heavy atom. The van der Waals surface area contributed by atoms with Gasteiger partial charge in [0.2, 0.25) is 5.91 Å². The van der Waals surface area contributed by atoms with Crippen molar-refractivity contribution in [1.82, 2.24) is 14.8 Å². The summed E-state index contributed by atoms with van der Waals surface area (Å²) in [5.41, 5.74) is 2.45. The molecule has 9 heteroatoms. The average molecular weight is 499 g/mol. The summed E-state index contributed by atoms with van der Waals surface area (Å²) >= 11 is 0. The van der Waals surface area contributed by atoms with Gasteiger partial charge < -0.3 is 14.2 Å². The van der Waals surface area contributed by atoms with Crippen LogP contribution in [-0.2, 0) is 11.0 Å². The van der Waals surface area contributed by atoms with Crippen LogP contribution in [0.15, 0.2) is 65.6 Å². The zero-order chi connectivity index (χ0) is 25.4. The van der Waals surface area contributed by atoms with Crippen LogP contribution in [0, 0.1) is 0 Å². The van der Waals surface area contributed by atoms with Crippen LogP contribution in [0.3, 0.4) is 0 Å². The van der Waals surface area contributed by atoms with Crippen molar-refractivity contribution >= 4 is 11.7 Å². The molecule has 3 atom stereocenters. The number of carbonyl (C=O) groups is 1. The molecule has 1 amide bonds. The molecule has 4 aliphatic rings. The van der Waals surface area contributed by atoms with Crippen molar-refractivity contribution in [3.05, 3.63) is 72.3 Å². The smallest absolute Gasteiger partial charge is 0.417 e. The number of carbonyl (C=O) groups excluding carboxylic acids is 1. The van der Waals surface area contributed by atoms with Gasteiger partial charge in [-0.15, -0.1) is 0 Å². The first-order valence-corrected chi connectivity index (χ1v) is 12.2. The second kappa shape index (κ2) is 9.61. The Bertz CT molecular complexity index is 1190. The Labute approximate surface area is 208 Å². The van der Waals surface area contributed by atoms with E-state index in [0.717, 1.165) is 35.4 Å². The van der Waals surface area contributed by atoms with E-state index in [9.17, 15) is 18.0 Å². The molecule has 1 unspecified atom stereocenters. The zero-order valence-electron chi connectivity index (χ0n) is 20.3. The Hall–Kier alpha value is -3.33. The quantitative estimate of drug-likeness (QED) is 0.462. The topological polar surface area (TPSA) is 52.8 Å². The second-order valence-electron chi connectivity index (χ2n) is 9.66. The highest BCUT2D eigenvalue weighted by Crippen LogP contribution is 2.38. The van der Waals surface area contributed by atoms with Crippen molar-refractivity contribution in [1.29, 1.82) is 0 Å².